The minimum atomic E-state index is 0.693. The molecule has 0 aromatic heterocycles. The zero-order chi connectivity index (χ0) is 11.1. The molecule has 0 amide bonds. The Kier molecular flexibility index (Phi) is 4.32. The van der Waals surface area contributed by atoms with Gasteiger partial charge in [0.15, 0.2) is 0 Å². The topological polar surface area (TPSA) is 9.23 Å². The zero-order valence-corrected chi connectivity index (χ0v) is 9.82. The van der Waals surface area contributed by atoms with Gasteiger partial charge >= 0.3 is 0 Å². The number of hydrogen-bond acceptors (Lipinski definition) is 2. The Morgan fingerprint density at radius 1 is 0.812 bits per heavy atom. The van der Waals surface area contributed by atoms with Crippen molar-refractivity contribution in [1.29, 1.82) is 0 Å². The molecule has 16 heavy (non-hydrogen) atoms. The number of benzene rings is 2. The fraction of sp³-hybridized carbons (Fsp3) is 0.143. The van der Waals surface area contributed by atoms with Gasteiger partial charge in [-0.25, -0.2) is 0 Å². The summed E-state index contributed by atoms with van der Waals surface area (Å²) in [5.74, 6) is 2.62. The molecule has 1 nitrogen and oxygen atoms in total. The Hall–Kier alpha value is -1.41. The molecule has 2 aromatic carbocycles. The Morgan fingerprint density at radius 2 is 1.44 bits per heavy atom. The fourth-order valence-electron chi connectivity index (χ4n) is 1.36. The van der Waals surface area contributed by atoms with Crippen LogP contribution < -0.4 is 4.74 Å². The molecule has 0 saturated heterocycles. The third kappa shape index (κ3) is 3.63. The number of ether oxygens (including phenoxy) is 1. The van der Waals surface area contributed by atoms with Crippen molar-refractivity contribution in [3.8, 4) is 5.75 Å². The number of para-hydroxylation sites is 1. The van der Waals surface area contributed by atoms with E-state index in [0.29, 0.717) is 5.94 Å². The van der Waals surface area contributed by atoms with Crippen molar-refractivity contribution in [2.45, 2.75) is 5.75 Å². The van der Waals surface area contributed by atoms with Gasteiger partial charge in [-0.05, 0) is 17.7 Å². The van der Waals surface area contributed by atoms with E-state index in [1.807, 2.05) is 36.4 Å². The molecule has 0 fully saturated rings. The van der Waals surface area contributed by atoms with Crippen LogP contribution in [0.5, 0.6) is 5.75 Å². The van der Waals surface area contributed by atoms with Gasteiger partial charge in [-0.3, -0.25) is 0 Å². The summed E-state index contributed by atoms with van der Waals surface area (Å²) in [5.41, 5.74) is 1.34. The minimum absolute atomic E-state index is 0.693. The Balaban J connectivity index is 1.70. The molecule has 0 unspecified atom stereocenters. The lowest BCUT2D eigenvalue weighted by molar-refractivity contribution is 0.393. The van der Waals surface area contributed by atoms with Gasteiger partial charge in [-0.1, -0.05) is 48.5 Å². The van der Waals surface area contributed by atoms with Crippen LogP contribution in [0.15, 0.2) is 60.7 Å². The highest BCUT2D eigenvalue weighted by atomic mass is 32.2. The lowest BCUT2D eigenvalue weighted by atomic mass is 10.2. The average molecular weight is 230 g/mol. The van der Waals surface area contributed by atoms with Crippen LogP contribution in [0.3, 0.4) is 0 Å². The van der Waals surface area contributed by atoms with Gasteiger partial charge in [0.05, 0.1) is 0 Å². The molecule has 82 valence electrons. The lowest BCUT2D eigenvalue weighted by Crippen LogP contribution is -1.92. The van der Waals surface area contributed by atoms with Crippen LogP contribution in [-0.2, 0) is 5.75 Å². The number of hydrogen-bond donors (Lipinski definition) is 0. The molecule has 0 aliphatic rings. The summed E-state index contributed by atoms with van der Waals surface area (Å²) in [5, 5.41) is 0. The van der Waals surface area contributed by atoms with Crippen LogP contribution in [0.4, 0.5) is 0 Å². The summed E-state index contributed by atoms with van der Waals surface area (Å²) in [6.45, 7) is 0. The third-order valence-corrected chi connectivity index (χ3v) is 2.99. The minimum Gasteiger partial charge on any atom is -0.483 e. The van der Waals surface area contributed by atoms with Crippen molar-refractivity contribution >= 4 is 11.8 Å². The van der Waals surface area contributed by atoms with E-state index >= 15 is 0 Å². The molecular weight excluding hydrogens is 216 g/mol. The average Bonchev–Trinajstić information content (AvgIpc) is 2.37. The molecule has 2 aromatic rings. The van der Waals surface area contributed by atoms with Gasteiger partial charge in [-0.15, -0.1) is 11.8 Å². The van der Waals surface area contributed by atoms with Crippen LogP contribution in [0, 0.1) is 0 Å². The Labute approximate surface area is 100 Å². The third-order valence-electron chi connectivity index (χ3n) is 2.16. The second-order valence-corrected chi connectivity index (χ2v) is 4.34. The summed E-state index contributed by atoms with van der Waals surface area (Å²) in [7, 11) is 0. The maximum atomic E-state index is 5.59. The zero-order valence-electron chi connectivity index (χ0n) is 9.00. The largest absolute Gasteiger partial charge is 0.483 e. The van der Waals surface area contributed by atoms with E-state index in [4.69, 9.17) is 4.74 Å². The second kappa shape index (κ2) is 6.23. The first-order valence-corrected chi connectivity index (χ1v) is 6.40. The summed E-state index contributed by atoms with van der Waals surface area (Å²) in [6, 6.07) is 20.3. The molecule has 0 aliphatic heterocycles. The standard InChI is InChI=1S/C14H14OS/c1-3-7-13(8-4-1)11-16-12-15-14-9-5-2-6-10-14/h1-10H,11-12H2. The first kappa shape index (κ1) is 11.1. The summed E-state index contributed by atoms with van der Waals surface area (Å²) in [4.78, 5) is 0. The molecular formula is C14H14OS. The maximum absolute atomic E-state index is 5.59. The molecule has 0 bridgehead atoms. The van der Waals surface area contributed by atoms with E-state index in [-0.39, 0.29) is 0 Å². The van der Waals surface area contributed by atoms with Crippen molar-refractivity contribution < 1.29 is 4.74 Å². The molecule has 2 rings (SSSR count). The Bertz CT molecular complexity index is 358. The molecule has 0 atom stereocenters. The van der Waals surface area contributed by atoms with E-state index in [1.54, 1.807) is 11.8 Å². The molecule has 0 radical (unpaired) electrons. The highest BCUT2D eigenvalue weighted by Gasteiger charge is 1.93. The van der Waals surface area contributed by atoms with E-state index in [2.05, 4.69) is 24.3 Å². The quantitative estimate of drug-likeness (QED) is 0.568. The summed E-state index contributed by atoms with van der Waals surface area (Å²) in [6.07, 6.45) is 0. The van der Waals surface area contributed by atoms with Gasteiger partial charge in [0.25, 0.3) is 0 Å². The lowest BCUT2D eigenvalue weighted by Gasteiger charge is -2.05. The molecule has 0 N–H and O–H groups in total. The van der Waals surface area contributed by atoms with Crippen LogP contribution in [0.1, 0.15) is 5.56 Å². The van der Waals surface area contributed by atoms with Gasteiger partial charge in [0, 0.05) is 5.75 Å². The fourth-order valence-corrected chi connectivity index (χ4v) is 2.09. The van der Waals surface area contributed by atoms with E-state index in [0.717, 1.165) is 11.5 Å². The molecule has 0 spiro atoms. The first-order valence-electron chi connectivity index (χ1n) is 5.25. The highest BCUT2D eigenvalue weighted by molar-refractivity contribution is 7.98. The van der Waals surface area contributed by atoms with Crippen molar-refractivity contribution in [3.05, 3.63) is 66.2 Å². The molecule has 0 aliphatic carbocycles. The van der Waals surface area contributed by atoms with Crippen LogP contribution in [0.2, 0.25) is 0 Å². The maximum Gasteiger partial charge on any atom is 0.134 e. The predicted molar refractivity (Wildman–Crippen MR) is 69.7 cm³/mol. The van der Waals surface area contributed by atoms with E-state index < -0.39 is 0 Å². The van der Waals surface area contributed by atoms with Crippen molar-refractivity contribution in [3.63, 3.8) is 0 Å². The smallest absolute Gasteiger partial charge is 0.134 e. The van der Waals surface area contributed by atoms with Crippen LogP contribution in [-0.4, -0.2) is 5.94 Å². The SMILES string of the molecule is c1ccc(CSCOc2ccccc2)cc1. The second-order valence-electron chi connectivity index (χ2n) is 3.41. The van der Waals surface area contributed by atoms with Crippen LogP contribution in [0.25, 0.3) is 0 Å². The molecule has 2 heteroatoms. The first-order chi connectivity index (χ1) is 7.95. The van der Waals surface area contributed by atoms with E-state index in [1.165, 1.54) is 5.56 Å². The van der Waals surface area contributed by atoms with Gasteiger partial charge in [0.1, 0.15) is 11.7 Å². The van der Waals surface area contributed by atoms with E-state index in [9.17, 15) is 0 Å². The van der Waals surface area contributed by atoms with Crippen LogP contribution >= 0.6 is 11.8 Å². The summed E-state index contributed by atoms with van der Waals surface area (Å²) < 4.78 is 5.59. The monoisotopic (exact) mass is 230 g/mol. The number of thioether (sulfide) groups is 1. The van der Waals surface area contributed by atoms with Gasteiger partial charge in [0.2, 0.25) is 0 Å². The molecule has 0 heterocycles. The molecule has 0 saturated carbocycles. The Morgan fingerprint density at radius 3 is 2.12 bits per heavy atom. The highest BCUT2D eigenvalue weighted by Crippen LogP contribution is 2.15. The predicted octanol–water partition coefficient (Wildman–Crippen LogP) is 3.96. The summed E-state index contributed by atoms with van der Waals surface area (Å²) >= 11 is 1.78. The van der Waals surface area contributed by atoms with Crippen molar-refractivity contribution in [2.24, 2.45) is 0 Å². The van der Waals surface area contributed by atoms with Crippen molar-refractivity contribution in [1.82, 2.24) is 0 Å². The number of rotatable bonds is 5. The van der Waals surface area contributed by atoms with Gasteiger partial charge in [-0.2, -0.15) is 0 Å². The normalized spacial score (nSPS) is 10.0. The van der Waals surface area contributed by atoms with Crippen molar-refractivity contribution in [2.75, 3.05) is 5.94 Å². The van der Waals surface area contributed by atoms with Gasteiger partial charge < -0.3 is 4.74 Å².